The van der Waals surface area contributed by atoms with E-state index in [4.69, 9.17) is 4.52 Å². The summed E-state index contributed by atoms with van der Waals surface area (Å²) in [6, 6.07) is 12.3. The summed E-state index contributed by atoms with van der Waals surface area (Å²) in [6.07, 6.45) is 2.71. The van der Waals surface area contributed by atoms with E-state index in [-0.39, 0.29) is 0 Å². The lowest BCUT2D eigenvalue weighted by Gasteiger charge is -2.13. The van der Waals surface area contributed by atoms with E-state index in [9.17, 15) is 0 Å². The van der Waals surface area contributed by atoms with Crippen LogP contribution in [0.3, 0.4) is 0 Å². The lowest BCUT2D eigenvalue weighted by atomic mass is 10.1. The number of fused-ring (bicyclic) bond motifs is 1. The third-order valence-electron chi connectivity index (χ3n) is 4.23. The van der Waals surface area contributed by atoms with Crippen molar-refractivity contribution in [3.63, 3.8) is 0 Å². The van der Waals surface area contributed by atoms with E-state index in [0.29, 0.717) is 17.4 Å². The van der Waals surface area contributed by atoms with Crippen molar-refractivity contribution in [3.8, 4) is 11.5 Å². The van der Waals surface area contributed by atoms with Crippen molar-refractivity contribution in [2.45, 2.75) is 27.2 Å². The molecular formula is C20H19N5O. The van der Waals surface area contributed by atoms with Crippen LogP contribution in [0.4, 0.5) is 11.4 Å². The largest absolute Gasteiger partial charge is 0.354 e. The quantitative estimate of drug-likeness (QED) is 0.582. The Morgan fingerprint density at radius 3 is 2.73 bits per heavy atom. The molecule has 0 aliphatic carbocycles. The van der Waals surface area contributed by atoms with Gasteiger partial charge in [-0.3, -0.25) is 0 Å². The molecule has 4 aromatic rings. The van der Waals surface area contributed by atoms with E-state index in [1.165, 1.54) is 5.56 Å². The fraction of sp³-hybridized carbons (Fsp3) is 0.200. The summed E-state index contributed by atoms with van der Waals surface area (Å²) in [4.78, 5) is 13.4. The molecule has 0 bridgehead atoms. The van der Waals surface area contributed by atoms with Gasteiger partial charge in [0.25, 0.3) is 5.89 Å². The molecule has 0 amide bonds. The maximum absolute atomic E-state index is 5.38. The molecule has 4 rings (SSSR count). The van der Waals surface area contributed by atoms with Crippen molar-refractivity contribution < 1.29 is 4.52 Å². The average Bonchev–Trinajstić information content (AvgIpc) is 3.08. The zero-order chi connectivity index (χ0) is 18.1. The van der Waals surface area contributed by atoms with Crippen molar-refractivity contribution in [3.05, 3.63) is 59.7 Å². The number of hydrogen-bond donors (Lipinski definition) is 1. The summed E-state index contributed by atoms with van der Waals surface area (Å²) in [5.74, 6) is 1.02. The maximum atomic E-state index is 5.38. The summed E-state index contributed by atoms with van der Waals surface area (Å²) < 4.78 is 5.38. The minimum atomic E-state index is 0.437. The van der Waals surface area contributed by atoms with E-state index >= 15 is 0 Å². The minimum absolute atomic E-state index is 0.437. The van der Waals surface area contributed by atoms with Gasteiger partial charge in [0.1, 0.15) is 0 Å². The third-order valence-corrected chi connectivity index (χ3v) is 4.23. The lowest BCUT2D eigenvalue weighted by molar-refractivity contribution is 0.425. The molecule has 130 valence electrons. The van der Waals surface area contributed by atoms with Gasteiger partial charge >= 0.3 is 0 Å². The minimum Gasteiger partial charge on any atom is -0.354 e. The highest BCUT2D eigenvalue weighted by Gasteiger charge is 2.17. The monoisotopic (exact) mass is 345 g/mol. The van der Waals surface area contributed by atoms with Crippen LogP contribution in [0.1, 0.15) is 24.0 Å². The molecule has 0 radical (unpaired) electrons. The first-order valence-electron chi connectivity index (χ1n) is 8.57. The van der Waals surface area contributed by atoms with Gasteiger partial charge in [0.15, 0.2) is 11.5 Å². The Labute approximate surface area is 151 Å². The van der Waals surface area contributed by atoms with Crippen LogP contribution in [0, 0.1) is 13.8 Å². The van der Waals surface area contributed by atoms with E-state index in [1.807, 2.05) is 31.2 Å². The molecule has 0 atom stereocenters. The van der Waals surface area contributed by atoms with Crippen LogP contribution in [0.15, 0.2) is 47.1 Å². The molecule has 0 spiro atoms. The number of pyridine rings is 2. The second-order valence-corrected chi connectivity index (χ2v) is 6.20. The van der Waals surface area contributed by atoms with Gasteiger partial charge in [0.05, 0.1) is 11.3 Å². The van der Waals surface area contributed by atoms with Crippen LogP contribution in [-0.2, 0) is 6.42 Å². The Bertz CT molecular complexity index is 1090. The number of aryl methyl sites for hydroxylation is 3. The molecule has 1 N–H and O–H groups in total. The van der Waals surface area contributed by atoms with Gasteiger partial charge in [-0.15, -0.1) is 0 Å². The molecule has 3 aromatic heterocycles. The van der Waals surface area contributed by atoms with Crippen LogP contribution >= 0.6 is 0 Å². The number of nitrogens with zero attached hydrogens (tertiary/aromatic N) is 4. The predicted octanol–water partition coefficient (Wildman–Crippen LogP) is 4.60. The highest BCUT2D eigenvalue weighted by molar-refractivity contribution is 5.98. The fourth-order valence-corrected chi connectivity index (χ4v) is 2.89. The SMILES string of the molecule is CCc1cccc(Nc2c(-c3nc(C)no3)cnc3nc(C)ccc23)c1. The van der Waals surface area contributed by atoms with Gasteiger partial charge in [0.2, 0.25) is 0 Å². The molecule has 6 heteroatoms. The second kappa shape index (κ2) is 6.55. The average molecular weight is 345 g/mol. The Morgan fingerprint density at radius 2 is 1.96 bits per heavy atom. The Kier molecular flexibility index (Phi) is 4.08. The Hall–Kier alpha value is -3.28. The van der Waals surface area contributed by atoms with Crippen LogP contribution < -0.4 is 5.32 Å². The molecule has 6 nitrogen and oxygen atoms in total. The van der Waals surface area contributed by atoms with Crippen LogP contribution in [0.25, 0.3) is 22.5 Å². The van der Waals surface area contributed by atoms with Gasteiger partial charge in [0, 0.05) is 23.0 Å². The standard InChI is InChI=1S/C20H19N5O/c1-4-14-6-5-7-15(10-14)24-18-16-9-8-12(2)22-19(16)21-11-17(18)20-23-13(3)25-26-20/h5-11H,4H2,1-3H3,(H,21,22,24). The Morgan fingerprint density at radius 1 is 1.08 bits per heavy atom. The van der Waals surface area contributed by atoms with Gasteiger partial charge in [-0.1, -0.05) is 24.2 Å². The van der Waals surface area contributed by atoms with Crippen molar-refractivity contribution in [2.75, 3.05) is 5.32 Å². The van der Waals surface area contributed by atoms with Gasteiger partial charge in [-0.25, -0.2) is 9.97 Å². The Balaban J connectivity index is 1.91. The smallest absolute Gasteiger partial charge is 0.261 e. The summed E-state index contributed by atoms with van der Waals surface area (Å²) in [5.41, 5.74) is 5.47. The van der Waals surface area contributed by atoms with E-state index in [2.05, 4.69) is 44.5 Å². The molecule has 0 fully saturated rings. The van der Waals surface area contributed by atoms with Gasteiger partial charge in [-0.05, 0) is 50.1 Å². The molecule has 3 heterocycles. The van der Waals surface area contributed by atoms with Crippen molar-refractivity contribution in [1.82, 2.24) is 20.1 Å². The van der Waals surface area contributed by atoms with Crippen molar-refractivity contribution in [2.24, 2.45) is 0 Å². The molecule has 1 aromatic carbocycles. The van der Waals surface area contributed by atoms with Crippen molar-refractivity contribution >= 4 is 22.4 Å². The predicted molar refractivity (Wildman–Crippen MR) is 101 cm³/mol. The van der Waals surface area contributed by atoms with E-state index < -0.39 is 0 Å². The first kappa shape index (κ1) is 16.2. The molecule has 0 saturated heterocycles. The first-order valence-corrected chi connectivity index (χ1v) is 8.57. The number of rotatable bonds is 4. The molecule has 0 aliphatic heterocycles. The van der Waals surface area contributed by atoms with Crippen LogP contribution in [0.2, 0.25) is 0 Å². The number of benzene rings is 1. The lowest BCUT2D eigenvalue weighted by Crippen LogP contribution is -1.99. The zero-order valence-electron chi connectivity index (χ0n) is 14.9. The number of hydrogen-bond acceptors (Lipinski definition) is 6. The van der Waals surface area contributed by atoms with Crippen molar-refractivity contribution in [1.29, 1.82) is 0 Å². The zero-order valence-corrected chi connectivity index (χ0v) is 14.9. The normalized spacial score (nSPS) is 11.0. The van der Waals surface area contributed by atoms with E-state index in [0.717, 1.165) is 34.4 Å². The third kappa shape index (κ3) is 3.01. The molecule has 0 saturated carbocycles. The summed E-state index contributed by atoms with van der Waals surface area (Å²) >= 11 is 0. The fourth-order valence-electron chi connectivity index (χ4n) is 2.89. The topological polar surface area (TPSA) is 76.7 Å². The van der Waals surface area contributed by atoms with Crippen LogP contribution in [0.5, 0.6) is 0 Å². The first-order chi connectivity index (χ1) is 12.6. The summed E-state index contributed by atoms with van der Waals surface area (Å²) in [7, 11) is 0. The second-order valence-electron chi connectivity index (χ2n) is 6.20. The summed E-state index contributed by atoms with van der Waals surface area (Å²) in [5, 5.41) is 8.32. The highest BCUT2D eigenvalue weighted by atomic mass is 16.5. The molecular weight excluding hydrogens is 326 g/mol. The number of nitrogens with one attached hydrogen (secondary N) is 1. The number of aromatic nitrogens is 4. The maximum Gasteiger partial charge on any atom is 0.261 e. The molecule has 0 aliphatic rings. The number of anilines is 2. The van der Waals surface area contributed by atoms with E-state index in [1.54, 1.807) is 13.1 Å². The molecule has 26 heavy (non-hydrogen) atoms. The van der Waals surface area contributed by atoms with Crippen LogP contribution in [-0.4, -0.2) is 20.1 Å². The van der Waals surface area contributed by atoms with Gasteiger partial charge in [-0.2, -0.15) is 4.98 Å². The molecule has 0 unspecified atom stereocenters. The van der Waals surface area contributed by atoms with Gasteiger partial charge < -0.3 is 9.84 Å². The summed E-state index contributed by atoms with van der Waals surface area (Å²) in [6.45, 7) is 5.89. The highest BCUT2D eigenvalue weighted by Crippen LogP contribution is 2.34.